The third-order valence-corrected chi connectivity index (χ3v) is 2.86. The van der Waals surface area contributed by atoms with E-state index in [1.165, 1.54) is 11.8 Å². The van der Waals surface area contributed by atoms with E-state index in [2.05, 4.69) is 18.9 Å². The minimum absolute atomic E-state index is 0.0804. The summed E-state index contributed by atoms with van der Waals surface area (Å²) in [4.78, 5) is 10.4. The summed E-state index contributed by atoms with van der Waals surface area (Å²) in [7, 11) is 1.83. The molecule has 1 rings (SSSR count). The Morgan fingerprint density at radius 3 is 2.79 bits per heavy atom. The van der Waals surface area contributed by atoms with E-state index >= 15 is 0 Å². The van der Waals surface area contributed by atoms with Gasteiger partial charge in [0.05, 0.1) is 16.5 Å². The lowest BCUT2D eigenvalue weighted by Crippen LogP contribution is -2.00. The van der Waals surface area contributed by atoms with E-state index in [4.69, 9.17) is 5.11 Å². The molecule has 0 aliphatic heterocycles. The van der Waals surface area contributed by atoms with Crippen molar-refractivity contribution in [3.05, 3.63) is 11.8 Å². The molecular weight excluding hydrogens is 200 g/mol. The van der Waals surface area contributed by atoms with Crippen LogP contribution in [0, 0.1) is 0 Å². The smallest absolute Gasteiger partial charge is 0.313 e. The monoisotopic (exact) mass is 214 g/mol. The number of carboxylic acid groups (broad SMARTS) is 1. The predicted octanol–water partition coefficient (Wildman–Crippen LogP) is 1.72. The maximum Gasteiger partial charge on any atom is 0.313 e. The van der Waals surface area contributed by atoms with Crippen molar-refractivity contribution in [3.8, 4) is 0 Å². The number of aryl methyl sites for hydroxylation is 1. The molecule has 0 aromatic carbocycles. The first-order chi connectivity index (χ1) is 6.50. The Hall–Kier alpha value is -0.970. The van der Waals surface area contributed by atoms with Gasteiger partial charge in [-0.1, -0.05) is 25.6 Å². The van der Waals surface area contributed by atoms with Crippen molar-refractivity contribution in [2.45, 2.75) is 24.8 Å². The molecule has 0 aliphatic rings. The minimum atomic E-state index is -0.803. The Labute approximate surface area is 87.3 Å². The van der Waals surface area contributed by atoms with Gasteiger partial charge in [0.15, 0.2) is 0 Å². The lowest BCUT2D eigenvalue weighted by atomic mass is 10.1. The van der Waals surface area contributed by atoms with Crippen LogP contribution >= 0.6 is 11.8 Å². The van der Waals surface area contributed by atoms with Gasteiger partial charge >= 0.3 is 5.97 Å². The molecule has 0 amide bonds. The van der Waals surface area contributed by atoms with Gasteiger partial charge in [-0.15, -0.1) is 0 Å². The molecule has 0 atom stereocenters. The van der Waals surface area contributed by atoms with Crippen LogP contribution in [0.15, 0.2) is 11.1 Å². The van der Waals surface area contributed by atoms with Crippen molar-refractivity contribution >= 4 is 17.7 Å². The third-order valence-electron chi connectivity index (χ3n) is 1.79. The topological polar surface area (TPSA) is 55.1 Å². The average Bonchev–Trinajstić information content (AvgIpc) is 2.43. The molecule has 1 aromatic heterocycles. The molecule has 0 fully saturated rings. The maximum absolute atomic E-state index is 10.4. The van der Waals surface area contributed by atoms with E-state index in [0.29, 0.717) is 5.92 Å². The Balaban J connectivity index is 2.72. The fourth-order valence-corrected chi connectivity index (χ4v) is 1.73. The van der Waals surface area contributed by atoms with Crippen molar-refractivity contribution in [1.29, 1.82) is 0 Å². The van der Waals surface area contributed by atoms with Crippen molar-refractivity contribution in [1.82, 2.24) is 9.78 Å². The van der Waals surface area contributed by atoms with Gasteiger partial charge in [0.2, 0.25) is 0 Å². The summed E-state index contributed by atoms with van der Waals surface area (Å²) in [6.45, 7) is 4.13. The van der Waals surface area contributed by atoms with Gasteiger partial charge in [0.1, 0.15) is 0 Å². The maximum atomic E-state index is 10.4. The molecule has 1 heterocycles. The largest absolute Gasteiger partial charge is 0.481 e. The zero-order valence-corrected chi connectivity index (χ0v) is 9.34. The summed E-state index contributed by atoms with van der Waals surface area (Å²) < 4.78 is 1.73. The molecule has 0 unspecified atom stereocenters. The summed E-state index contributed by atoms with van der Waals surface area (Å²) in [5.41, 5.74) is 1.00. The molecule has 0 aliphatic carbocycles. The Morgan fingerprint density at radius 1 is 1.71 bits per heavy atom. The molecule has 1 aromatic rings. The van der Waals surface area contributed by atoms with E-state index in [0.717, 1.165) is 10.7 Å². The quantitative estimate of drug-likeness (QED) is 0.775. The van der Waals surface area contributed by atoms with E-state index in [9.17, 15) is 4.79 Å². The number of hydrogen-bond acceptors (Lipinski definition) is 3. The van der Waals surface area contributed by atoms with Gasteiger partial charge in [-0.2, -0.15) is 5.10 Å². The number of hydrogen-bond donors (Lipinski definition) is 1. The van der Waals surface area contributed by atoms with Crippen LogP contribution in [-0.4, -0.2) is 26.6 Å². The molecule has 5 heteroatoms. The summed E-state index contributed by atoms with van der Waals surface area (Å²) in [5.74, 6) is -0.348. The second kappa shape index (κ2) is 4.50. The molecule has 0 bridgehead atoms. The third kappa shape index (κ3) is 2.77. The van der Waals surface area contributed by atoms with Crippen LogP contribution in [0.4, 0.5) is 0 Å². The normalized spacial score (nSPS) is 10.9. The van der Waals surface area contributed by atoms with Gasteiger partial charge in [0.25, 0.3) is 0 Å². The molecule has 0 spiro atoms. The molecule has 1 N–H and O–H groups in total. The first-order valence-corrected chi connectivity index (χ1v) is 5.37. The van der Waals surface area contributed by atoms with E-state index < -0.39 is 5.97 Å². The van der Waals surface area contributed by atoms with Crippen LogP contribution in [0.1, 0.15) is 25.5 Å². The lowest BCUT2D eigenvalue weighted by Gasteiger charge is -1.96. The van der Waals surface area contributed by atoms with Crippen LogP contribution < -0.4 is 0 Å². The van der Waals surface area contributed by atoms with Crippen molar-refractivity contribution in [2.24, 2.45) is 7.05 Å². The van der Waals surface area contributed by atoms with E-state index in [1.54, 1.807) is 4.68 Å². The highest BCUT2D eigenvalue weighted by Gasteiger charge is 2.09. The SMILES string of the molecule is CC(C)c1cc(SCC(=O)O)n(C)n1. The number of aliphatic carboxylic acids is 1. The van der Waals surface area contributed by atoms with Gasteiger partial charge < -0.3 is 5.11 Å². The number of carboxylic acids is 1. The van der Waals surface area contributed by atoms with Gasteiger partial charge in [-0.3, -0.25) is 9.48 Å². The number of thioether (sulfide) groups is 1. The molecule has 0 saturated heterocycles. The highest BCUT2D eigenvalue weighted by atomic mass is 32.2. The van der Waals surface area contributed by atoms with Crippen LogP contribution in [0.5, 0.6) is 0 Å². The second-order valence-electron chi connectivity index (χ2n) is 3.37. The van der Waals surface area contributed by atoms with Crippen LogP contribution in [-0.2, 0) is 11.8 Å². The molecule has 0 radical (unpaired) electrons. The number of rotatable bonds is 4. The molecule has 78 valence electrons. The Morgan fingerprint density at radius 2 is 2.36 bits per heavy atom. The second-order valence-corrected chi connectivity index (χ2v) is 4.36. The molecule has 0 saturated carbocycles. The van der Waals surface area contributed by atoms with E-state index in [1.807, 2.05) is 13.1 Å². The highest BCUT2D eigenvalue weighted by molar-refractivity contribution is 7.99. The molecule has 14 heavy (non-hydrogen) atoms. The highest BCUT2D eigenvalue weighted by Crippen LogP contribution is 2.21. The first kappa shape index (κ1) is 11.1. The summed E-state index contributed by atoms with van der Waals surface area (Å²) in [5, 5.41) is 13.7. The van der Waals surface area contributed by atoms with Crippen molar-refractivity contribution in [3.63, 3.8) is 0 Å². The Kier molecular flexibility index (Phi) is 3.57. The van der Waals surface area contributed by atoms with Crippen LogP contribution in [0.3, 0.4) is 0 Å². The fraction of sp³-hybridized carbons (Fsp3) is 0.556. The zero-order chi connectivity index (χ0) is 10.7. The predicted molar refractivity (Wildman–Crippen MR) is 55.7 cm³/mol. The summed E-state index contributed by atoms with van der Waals surface area (Å²) >= 11 is 1.29. The first-order valence-electron chi connectivity index (χ1n) is 4.39. The minimum Gasteiger partial charge on any atom is -0.481 e. The van der Waals surface area contributed by atoms with Crippen molar-refractivity contribution in [2.75, 3.05) is 5.75 Å². The van der Waals surface area contributed by atoms with Crippen LogP contribution in [0.2, 0.25) is 0 Å². The summed E-state index contributed by atoms with van der Waals surface area (Å²) in [6, 6.07) is 1.94. The van der Waals surface area contributed by atoms with Gasteiger partial charge in [-0.25, -0.2) is 0 Å². The average molecular weight is 214 g/mol. The summed E-state index contributed by atoms with van der Waals surface area (Å²) in [6.07, 6.45) is 0. The van der Waals surface area contributed by atoms with Gasteiger partial charge in [-0.05, 0) is 12.0 Å². The Bertz CT molecular complexity index is 334. The molecule has 4 nitrogen and oxygen atoms in total. The van der Waals surface area contributed by atoms with E-state index in [-0.39, 0.29) is 5.75 Å². The fourth-order valence-electron chi connectivity index (χ4n) is 1.02. The number of carbonyl (C=O) groups is 1. The standard InChI is InChI=1S/C9H14N2O2S/c1-6(2)7-4-8(11(3)10-7)14-5-9(12)13/h4,6H,5H2,1-3H3,(H,12,13). The van der Waals surface area contributed by atoms with Crippen LogP contribution in [0.25, 0.3) is 0 Å². The zero-order valence-electron chi connectivity index (χ0n) is 8.52. The number of aromatic nitrogens is 2. The van der Waals surface area contributed by atoms with Gasteiger partial charge in [0, 0.05) is 7.05 Å². The molecular formula is C9H14N2O2S. The number of nitrogens with zero attached hydrogens (tertiary/aromatic N) is 2. The lowest BCUT2D eigenvalue weighted by molar-refractivity contribution is -0.133. The van der Waals surface area contributed by atoms with Crippen molar-refractivity contribution < 1.29 is 9.90 Å².